The van der Waals surface area contributed by atoms with E-state index in [-0.39, 0.29) is 5.41 Å². The van der Waals surface area contributed by atoms with Crippen LogP contribution in [0.25, 0.3) is 0 Å². The number of benzene rings is 1. The number of rotatable bonds is 4. The average molecular weight is 277 g/mol. The van der Waals surface area contributed by atoms with Crippen molar-refractivity contribution < 1.29 is 9.47 Å². The highest BCUT2D eigenvalue weighted by Gasteiger charge is 2.36. The minimum atomic E-state index is 0.0509. The molecule has 1 aromatic carbocycles. The van der Waals surface area contributed by atoms with Gasteiger partial charge in [-0.2, -0.15) is 0 Å². The van der Waals surface area contributed by atoms with Crippen LogP contribution < -0.4 is 15.2 Å². The van der Waals surface area contributed by atoms with E-state index in [4.69, 9.17) is 15.2 Å². The van der Waals surface area contributed by atoms with E-state index >= 15 is 0 Å². The normalized spacial score (nSPS) is 17.9. The Morgan fingerprint density at radius 1 is 1.05 bits per heavy atom. The SMILES string of the molecule is COc1cc(C2(CN)CCCCC2)c(OC)c(C)c1C. The van der Waals surface area contributed by atoms with Crippen LogP contribution >= 0.6 is 0 Å². The summed E-state index contributed by atoms with van der Waals surface area (Å²) in [6.45, 7) is 4.86. The minimum absolute atomic E-state index is 0.0509. The molecule has 1 saturated carbocycles. The van der Waals surface area contributed by atoms with E-state index in [1.54, 1.807) is 14.2 Å². The molecule has 0 radical (unpaired) electrons. The molecular weight excluding hydrogens is 250 g/mol. The van der Waals surface area contributed by atoms with Crippen molar-refractivity contribution >= 4 is 0 Å². The molecule has 0 amide bonds. The highest BCUT2D eigenvalue weighted by Crippen LogP contribution is 2.46. The molecule has 0 aromatic heterocycles. The molecule has 0 saturated heterocycles. The zero-order valence-corrected chi connectivity index (χ0v) is 13.2. The third-order valence-electron chi connectivity index (χ3n) is 4.99. The molecule has 1 aliphatic rings. The van der Waals surface area contributed by atoms with Gasteiger partial charge in [0.25, 0.3) is 0 Å². The summed E-state index contributed by atoms with van der Waals surface area (Å²) in [5.41, 5.74) is 9.78. The van der Waals surface area contributed by atoms with E-state index in [1.807, 2.05) is 0 Å². The lowest BCUT2D eigenvalue weighted by Crippen LogP contribution is -2.37. The number of hydrogen-bond acceptors (Lipinski definition) is 3. The highest BCUT2D eigenvalue weighted by atomic mass is 16.5. The van der Waals surface area contributed by atoms with Gasteiger partial charge in [0.2, 0.25) is 0 Å². The van der Waals surface area contributed by atoms with Crippen molar-refractivity contribution in [2.45, 2.75) is 51.4 Å². The molecule has 3 heteroatoms. The lowest BCUT2D eigenvalue weighted by molar-refractivity contribution is 0.285. The van der Waals surface area contributed by atoms with Crippen molar-refractivity contribution in [2.24, 2.45) is 5.73 Å². The van der Waals surface area contributed by atoms with Crippen LogP contribution in [0.3, 0.4) is 0 Å². The van der Waals surface area contributed by atoms with Crippen molar-refractivity contribution in [1.29, 1.82) is 0 Å². The maximum atomic E-state index is 6.18. The van der Waals surface area contributed by atoms with Crippen LogP contribution in [0.4, 0.5) is 0 Å². The molecule has 2 N–H and O–H groups in total. The molecule has 0 atom stereocenters. The molecule has 20 heavy (non-hydrogen) atoms. The Kier molecular flexibility index (Phi) is 4.59. The zero-order chi connectivity index (χ0) is 14.8. The summed E-state index contributed by atoms with van der Waals surface area (Å²) in [6.07, 6.45) is 6.09. The predicted octanol–water partition coefficient (Wildman–Crippen LogP) is 3.48. The summed E-state index contributed by atoms with van der Waals surface area (Å²) < 4.78 is 11.3. The van der Waals surface area contributed by atoms with Gasteiger partial charge in [0, 0.05) is 17.5 Å². The summed E-state index contributed by atoms with van der Waals surface area (Å²) in [5, 5.41) is 0. The predicted molar refractivity (Wildman–Crippen MR) is 82.8 cm³/mol. The van der Waals surface area contributed by atoms with Gasteiger partial charge in [0.1, 0.15) is 11.5 Å². The smallest absolute Gasteiger partial charge is 0.126 e. The molecule has 3 nitrogen and oxygen atoms in total. The number of methoxy groups -OCH3 is 2. The minimum Gasteiger partial charge on any atom is -0.496 e. The molecular formula is C17H27NO2. The number of ether oxygens (including phenoxy) is 2. The summed E-state index contributed by atoms with van der Waals surface area (Å²) in [4.78, 5) is 0. The van der Waals surface area contributed by atoms with Crippen LogP contribution in [0, 0.1) is 13.8 Å². The molecule has 0 aliphatic heterocycles. The van der Waals surface area contributed by atoms with Crippen molar-refractivity contribution in [1.82, 2.24) is 0 Å². The van der Waals surface area contributed by atoms with E-state index in [1.165, 1.54) is 30.4 Å². The summed E-state index contributed by atoms with van der Waals surface area (Å²) in [6, 6.07) is 2.15. The molecule has 0 heterocycles. The second-order valence-electron chi connectivity index (χ2n) is 5.95. The van der Waals surface area contributed by atoms with Gasteiger partial charge in [0.05, 0.1) is 14.2 Å². The topological polar surface area (TPSA) is 44.5 Å². The lowest BCUT2D eigenvalue weighted by atomic mass is 9.68. The first-order valence-corrected chi connectivity index (χ1v) is 7.52. The zero-order valence-electron chi connectivity index (χ0n) is 13.2. The summed E-state index contributed by atoms with van der Waals surface area (Å²) in [5.74, 6) is 1.94. The van der Waals surface area contributed by atoms with Crippen LogP contribution in [0.5, 0.6) is 11.5 Å². The lowest BCUT2D eigenvalue weighted by Gasteiger charge is -2.38. The van der Waals surface area contributed by atoms with Gasteiger partial charge in [-0.1, -0.05) is 19.3 Å². The number of nitrogens with two attached hydrogens (primary N) is 1. The molecule has 2 rings (SSSR count). The first-order chi connectivity index (χ1) is 9.59. The molecule has 0 unspecified atom stereocenters. The Hall–Kier alpha value is -1.22. The van der Waals surface area contributed by atoms with E-state index in [0.29, 0.717) is 6.54 Å². The van der Waals surface area contributed by atoms with Gasteiger partial charge in [-0.25, -0.2) is 0 Å². The second kappa shape index (κ2) is 6.04. The first-order valence-electron chi connectivity index (χ1n) is 7.52. The van der Waals surface area contributed by atoms with Gasteiger partial charge >= 0.3 is 0 Å². The van der Waals surface area contributed by atoms with Crippen molar-refractivity contribution in [3.05, 3.63) is 22.8 Å². The molecule has 0 bridgehead atoms. The standard InChI is InChI=1S/C17H27NO2/c1-12-13(2)16(20-4)14(10-15(12)19-3)17(11-18)8-6-5-7-9-17/h10H,5-9,11,18H2,1-4H3. The molecule has 1 aliphatic carbocycles. The van der Waals surface area contributed by atoms with Crippen LogP contribution in [-0.4, -0.2) is 20.8 Å². The quantitative estimate of drug-likeness (QED) is 0.916. The van der Waals surface area contributed by atoms with Crippen molar-refractivity contribution in [3.8, 4) is 11.5 Å². The molecule has 0 spiro atoms. The third kappa shape index (κ3) is 2.39. The van der Waals surface area contributed by atoms with Gasteiger partial charge in [-0.05, 0) is 43.9 Å². The fourth-order valence-electron chi connectivity index (χ4n) is 3.54. The van der Waals surface area contributed by atoms with Crippen LogP contribution in [-0.2, 0) is 5.41 Å². The molecule has 112 valence electrons. The Morgan fingerprint density at radius 3 is 2.20 bits per heavy atom. The van der Waals surface area contributed by atoms with Crippen molar-refractivity contribution in [2.75, 3.05) is 20.8 Å². The highest BCUT2D eigenvalue weighted by molar-refractivity contribution is 5.55. The third-order valence-corrected chi connectivity index (χ3v) is 4.99. The molecule has 1 aromatic rings. The van der Waals surface area contributed by atoms with Gasteiger partial charge < -0.3 is 15.2 Å². The van der Waals surface area contributed by atoms with E-state index in [2.05, 4.69) is 19.9 Å². The van der Waals surface area contributed by atoms with Crippen LogP contribution in [0.1, 0.15) is 48.8 Å². The maximum Gasteiger partial charge on any atom is 0.126 e. The Bertz CT molecular complexity index is 476. The van der Waals surface area contributed by atoms with Gasteiger partial charge in [-0.3, -0.25) is 0 Å². The van der Waals surface area contributed by atoms with Gasteiger partial charge in [0.15, 0.2) is 0 Å². The second-order valence-corrected chi connectivity index (χ2v) is 5.95. The van der Waals surface area contributed by atoms with Gasteiger partial charge in [-0.15, -0.1) is 0 Å². The summed E-state index contributed by atoms with van der Waals surface area (Å²) in [7, 11) is 3.48. The Balaban J connectivity index is 2.61. The largest absolute Gasteiger partial charge is 0.496 e. The van der Waals surface area contributed by atoms with E-state index < -0.39 is 0 Å². The molecule has 1 fully saturated rings. The van der Waals surface area contributed by atoms with Crippen LogP contribution in [0.15, 0.2) is 6.07 Å². The first kappa shape index (κ1) is 15.2. The summed E-state index contributed by atoms with van der Waals surface area (Å²) >= 11 is 0. The Labute approximate surface area is 122 Å². The monoisotopic (exact) mass is 277 g/mol. The average Bonchev–Trinajstić information content (AvgIpc) is 2.50. The fourth-order valence-corrected chi connectivity index (χ4v) is 3.54. The van der Waals surface area contributed by atoms with E-state index in [0.717, 1.165) is 29.9 Å². The Morgan fingerprint density at radius 2 is 1.70 bits per heavy atom. The fraction of sp³-hybridized carbons (Fsp3) is 0.647. The van der Waals surface area contributed by atoms with Crippen molar-refractivity contribution in [3.63, 3.8) is 0 Å². The van der Waals surface area contributed by atoms with E-state index in [9.17, 15) is 0 Å². The number of hydrogen-bond donors (Lipinski definition) is 1. The van der Waals surface area contributed by atoms with Crippen LogP contribution in [0.2, 0.25) is 0 Å². The maximum absolute atomic E-state index is 6.18.